The Balaban J connectivity index is 1.54. The molecular weight excluding hydrogens is 405 g/mol. The Hall–Kier alpha value is -2.58. The van der Waals surface area contributed by atoms with E-state index in [1.165, 1.54) is 12.3 Å². The molecule has 0 spiro atoms. The minimum absolute atomic E-state index is 0.132. The van der Waals surface area contributed by atoms with E-state index in [2.05, 4.69) is 22.0 Å². The quantitative estimate of drug-likeness (QED) is 0.532. The van der Waals surface area contributed by atoms with Crippen LogP contribution >= 0.6 is 0 Å². The lowest BCUT2D eigenvalue weighted by atomic mass is 10.1. The molecule has 1 atom stereocenters. The minimum atomic E-state index is -3.19. The van der Waals surface area contributed by atoms with Gasteiger partial charge in [0.25, 0.3) is 0 Å². The van der Waals surface area contributed by atoms with Crippen LogP contribution in [0.1, 0.15) is 36.4 Å². The average Bonchev–Trinajstić information content (AvgIpc) is 3.17. The van der Waals surface area contributed by atoms with Gasteiger partial charge in [0.15, 0.2) is 9.84 Å². The standard InChI is InChI=1S/C22H26FN3O3S/c1-15-7-8-18(14-20(15)23)22-24-21(29-25-22)6-5-13-26(3)16(2)17-9-11-19(12-10-17)30(4,27)28/h7-12,14,16H,5-6,13H2,1-4H3. The molecule has 1 unspecified atom stereocenters. The lowest BCUT2D eigenvalue weighted by Crippen LogP contribution is -2.24. The van der Waals surface area contributed by atoms with E-state index >= 15 is 0 Å². The summed E-state index contributed by atoms with van der Waals surface area (Å²) in [5, 5.41) is 3.95. The van der Waals surface area contributed by atoms with Crippen LogP contribution in [0.2, 0.25) is 0 Å². The molecule has 30 heavy (non-hydrogen) atoms. The molecular formula is C22H26FN3O3S. The van der Waals surface area contributed by atoms with Crippen molar-refractivity contribution in [2.45, 2.75) is 37.6 Å². The lowest BCUT2D eigenvalue weighted by Gasteiger charge is -2.25. The number of aryl methyl sites for hydroxylation is 2. The first-order chi connectivity index (χ1) is 14.1. The second-order valence-corrected chi connectivity index (χ2v) is 9.59. The maximum Gasteiger partial charge on any atom is 0.227 e. The molecule has 0 aliphatic heterocycles. The van der Waals surface area contributed by atoms with Crippen molar-refractivity contribution in [1.29, 1.82) is 0 Å². The minimum Gasteiger partial charge on any atom is -0.339 e. The number of aromatic nitrogens is 2. The predicted octanol–water partition coefficient (Wildman–Crippen LogP) is 4.21. The Morgan fingerprint density at radius 2 is 1.87 bits per heavy atom. The molecule has 0 aliphatic rings. The van der Waals surface area contributed by atoms with Crippen molar-refractivity contribution in [3.8, 4) is 11.4 Å². The van der Waals surface area contributed by atoms with E-state index in [4.69, 9.17) is 4.52 Å². The lowest BCUT2D eigenvalue weighted by molar-refractivity contribution is 0.254. The van der Waals surface area contributed by atoms with Gasteiger partial charge in [0.2, 0.25) is 11.7 Å². The first kappa shape index (κ1) is 22.1. The van der Waals surface area contributed by atoms with E-state index in [0.717, 1.165) is 18.5 Å². The van der Waals surface area contributed by atoms with Gasteiger partial charge in [0.1, 0.15) is 5.82 Å². The van der Waals surface area contributed by atoms with Crippen molar-refractivity contribution < 1.29 is 17.3 Å². The zero-order valence-corrected chi connectivity index (χ0v) is 18.4. The Morgan fingerprint density at radius 1 is 1.17 bits per heavy atom. The number of hydrogen-bond acceptors (Lipinski definition) is 6. The highest BCUT2D eigenvalue weighted by Gasteiger charge is 2.15. The number of sulfone groups is 1. The van der Waals surface area contributed by atoms with Crippen LogP contribution in [0.15, 0.2) is 51.9 Å². The molecule has 0 bridgehead atoms. The predicted molar refractivity (Wildman–Crippen MR) is 113 cm³/mol. The van der Waals surface area contributed by atoms with Crippen molar-refractivity contribution in [3.63, 3.8) is 0 Å². The Morgan fingerprint density at radius 3 is 2.50 bits per heavy atom. The number of rotatable bonds is 8. The third kappa shape index (κ3) is 5.31. The van der Waals surface area contributed by atoms with Crippen LogP contribution in [0, 0.1) is 12.7 Å². The molecule has 3 rings (SSSR count). The Bertz CT molecular complexity index is 1110. The van der Waals surface area contributed by atoms with Crippen LogP contribution < -0.4 is 0 Å². The molecule has 2 aromatic carbocycles. The largest absolute Gasteiger partial charge is 0.339 e. The summed E-state index contributed by atoms with van der Waals surface area (Å²) in [5.41, 5.74) is 2.22. The highest BCUT2D eigenvalue weighted by molar-refractivity contribution is 7.90. The highest BCUT2D eigenvalue weighted by atomic mass is 32.2. The second kappa shape index (κ2) is 9.06. The van der Waals surface area contributed by atoms with Gasteiger partial charge in [0.05, 0.1) is 4.90 Å². The maximum atomic E-state index is 13.7. The van der Waals surface area contributed by atoms with Crippen molar-refractivity contribution in [2.24, 2.45) is 0 Å². The number of benzene rings is 2. The summed E-state index contributed by atoms with van der Waals surface area (Å²) in [5.74, 6) is 0.611. The average molecular weight is 432 g/mol. The summed E-state index contributed by atoms with van der Waals surface area (Å²) in [4.78, 5) is 6.87. The normalized spacial score (nSPS) is 13.0. The van der Waals surface area contributed by atoms with Crippen LogP contribution in [0.5, 0.6) is 0 Å². The van der Waals surface area contributed by atoms with Crippen LogP contribution in [0.4, 0.5) is 4.39 Å². The van der Waals surface area contributed by atoms with Gasteiger partial charge in [-0.05, 0) is 63.2 Å². The van der Waals surface area contributed by atoms with Gasteiger partial charge in [-0.1, -0.05) is 29.4 Å². The van der Waals surface area contributed by atoms with Crippen LogP contribution in [-0.2, 0) is 16.3 Å². The van der Waals surface area contributed by atoms with E-state index in [9.17, 15) is 12.8 Å². The number of halogens is 1. The molecule has 0 radical (unpaired) electrons. The smallest absolute Gasteiger partial charge is 0.227 e. The number of nitrogens with zero attached hydrogens (tertiary/aromatic N) is 3. The molecule has 6 nitrogen and oxygen atoms in total. The molecule has 0 saturated heterocycles. The van der Waals surface area contributed by atoms with Crippen LogP contribution in [0.3, 0.4) is 0 Å². The van der Waals surface area contributed by atoms with Crippen molar-refractivity contribution in [3.05, 3.63) is 65.3 Å². The molecule has 1 aromatic heterocycles. The summed E-state index contributed by atoms with van der Waals surface area (Å²) in [7, 11) is -1.17. The van der Waals surface area contributed by atoms with E-state index in [1.807, 2.05) is 19.2 Å². The Labute approximate surface area is 176 Å². The zero-order chi connectivity index (χ0) is 21.9. The fourth-order valence-electron chi connectivity index (χ4n) is 3.13. The van der Waals surface area contributed by atoms with Crippen molar-refractivity contribution in [1.82, 2.24) is 15.0 Å². The van der Waals surface area contributed by atoms with Gasteiger partial charge in [-0.2, -0.15) is 4.98 Å². The van der Waals surface area contributed by atoms with E-state index < -0.39 is 9.84 Å². The monoisotopic (exact) mass is 431 g/mol. The van der Waals surface area contributed by atoms with Crippen molar-refractivity contribution >= 4 is 9.84 Å². The second-order valence-electron chi connectivity index (χ2n) is 7.58. The molecule has 3 aromatic rings. The molecule has 0 N–H and O–H groups in total. The molecule has 160 valence electrons. The van der Waals surface area contributed by atoms with Gasteiger partial charge in [-0.3, -0.25) is 4.90 Å². The van der Waals surface area contributed by atoms with Gasteiger partial charge in [-0.15, -0.1) is 0 Å². The third-order valence-corrected chi connectivity index (χ3v) is 6.38. The molecule has 0 fully saturated rings. The van der Waals surface area contributed by atoms with Gasteiger partial charge in [-0.25, -0.2) is 12.8 Å². The van der Waals surface area contributed by atoms with Gasteiger partial charge in [0, 0.05) is 24.3 Å². The first-order valence-electron chi connectivity index (χ1n) is 9.74. The molecule has 8 heteroatoms. The van der Waals surface area contributed by atoms with Crippen molar-refractivity contribution in [2.75, 3.05) is 19.8 Å². The summed E-state index contributed by atoms with van der Waals surface area (Å²) in [6.07, 6.45) is 2.63. The molecule has 0 amide bonds. The highest BCUT2D eigenvalue weighted by Crippen LogP contribution is 2.22. The summed E-state index contributed by atoms with van der Waals surface area (Å²) < 4.78 is 42.2. The molecule has 1 heterocycles. The van der Waals surface area contributed by atoms with Crippen LogP contribution in [0.25, 0.3) is 11.4 Å². The number of hydrogen-bond donors (Lipinski definition) is 0. The fourth-order valence-corrected chi connectivity index (χ4v) is 3.76. The molecule has 0 saturated carbocycles. The first-order valence-corrected chi connectivity index (χ1v) is 11.6. The van der Waals surface area contributed by atoms with Gasteiger partial charge < -0.3 is 4.52 Å². The van der Waals surface area contributed by atoms with Gasteiger partial charge >= 0.3 is 0 Å². The fraction of sp³-hybridized carbons (Fsp3) is 0.364. The zero-order valence-electron chi connectivity index (χ0n) is 17.6. The SMILES string of the molecule is Cc1ccc(-c2noc(CCCN(C)C(C)c3ccc(S(C)(=O)=O)cc3)n2)cc1F. The summed E-state index contributed by atoms with van der Waals surface area (Å²) in [6, 6.07) is 12.0. The summed E-state index contributed by atoms with van der Waals surface area (Å²) >= 11 is 0. The molecule has 0 aliphatic carbocycles. The van der Waals surface area contributed by atoms with E-state index in [0.29, 0.717) is 34.2 Å². The maximum absolute atomic E-state index is 13.7. The Kier molecular flexibility index (Phi) is 6.67. The van der Waals surface area contributed by atoms with E-state index in [1.54, 1.807) is 31.2 Å². The van der Waals surface area contributed by atoms with Crippen LogP contribution in [-0.4, -0.2) is 43.3 Å². The summed E-state index contributed by atoms with van der Waals surface area (Å²) in [6.45, 7) is 4.58. The third-order valence-electron chi connectivity index (χ3n) is 5.25. The van der Waals surface area contributed by atoms with E-state index in [-0.39, 0.29) is 11.9 Å². The topological polar surface area (TPSA) is 76.3 Å².